The Kier molecular flexibility index (Phi) is 9.18. The smallest absolute Gasteiger partial charge is 0.338 e. The highest BCUT2D eigenvalue weighted by Gasteiger charge is 2.35. The Labute approximate surface area is 269 Å². The fourth-order valence-corrected chi connectivity index (χ4v) is 6.33. The Morgan fingerprint density at radius 3 is 2.38 bits per heavy atom. The van der Waals surface area contributed by atoms with Crippen LogP contribution in [0, 0.1) is 6.92 Å². The molecule has 0 N–H and O–H groups in total. The van der Waals surface area contributed by atoms with Gasteiger partial charge in [0.2, 0.25) is 0 Å². The van der Waals surface area contributed by atoms with E-state index in [0.29, 0.717) is 48.5 Å². The van der Waals surface area contributed by atoms with Crippen molar-refractivity contribution < 1.29 is 28.2 Å². The second-order valence-electron chi connectivity index (χ2n) is 11.1. The number of benzene rings is 2. The number of hydrogen-bond donors (Lipinski definition) is 0. The van der Waals surface area contributed by atoms with Crippen LogP contribution in [0.5, 0.6) is 5.75 Å². The van der Waals surface area contributed by atoms with Crippen LogP contribution in [0.3, 0.4) is 0 Å². The number of ether oxygens (including phenoxy) is 3. The van der Waals surface area contributed by atoms with Gasteiger partial charge in [-0.2, -0.15) is 0 Å². The molecular weight excluding hydrogens is 616 g/mol. The number of esters is 2. The van der Waals surface area contributed by atoms with Crippen molar-refractivity contribution in [3.63, 3.8) is 0 Å². The predicted molar refractivity (Wildman–Crippen MR) is 172 cm³/mol. The minimum atomic E-state index is -0.890. The lowest BCUT2D eigenvalue weighted by Crippen LogP contribution is -2.40. The van der Waals surface area contributed by atoms with Crippen molar-refractivity contribution in [3.05, 3.63) is 107 Å². The molecule has 2 aromatic carbocycles. The highest BCUT2D eigenvalue weighted by Crippen LogP contribution is 2.37. The fraction of sp³-hybridized carbons (Fsp3) is 0.294. The lowest BCUT2D eigenvalue weighted by Gasteiger charge is -2.26. The Balaban J connectivity index is 1.59. The van der Waals surface area contributed by atoms with Gasteiger partial charge in [0.05, 0.1) is 40.7 Å². The van der Waals surface area contributed by atoms with E-state index in [1.807, 2.05) is 13.0 Å². The van der Waals surface area contributed by atoms with E-state index in [-0.39, 0.29) is 29.3 Å². The molecule has 0 saturated carbocycles. The minimum Gasteiger partial charge on any atom is -0.496 e. The van der Waals surface area contributed by atoms with Crippen LogP contribution in [0.25, 0.3) is 17.4 Å². The summed E-state index contributed by atoms with van der Waals surface area (Å²) in [7, 11) is 1.51. The molecule has 0 aliphatic carbocycles. The van der Waals surface area contributed by atoms with Gasteiger partial charge in [-0.05, 0) is 89.6 Å². The van der Waals surface area contributed by atoms with Gasteiger partial charge in [0.15, 0.2) is 4.80 Å². The lowest BCUT2D eigenvalue weighted by molar-refractivity contribution is -0.143. The summed E-state index contributed by atoms with van der Waals surface area (Å²) in [5.74, 6) is 0.510. The third-order valence-electron chi connectivity index (χ3n) is 7.04. The van der Waals surface area contributed by atoms with Crippen molar-refractivity contribution in [1.29, 1.82) is 0 Å². The van der Waals surface area contributed by atoms with Gasteiger partial charge in [0, 0.05) is 22.2 Å². The van der Waals surface area contributed by atoms with Crippen LogP contribution in [0.1, 0.15) is 67.9 Å². The minimum absolute atomic E-state index is 0.219. The van der Waals surface area contributed by atoms with Gasteiger partial charge >= 0.3 is 11.9 Å². The van der Waals surface area contributed by atoms with E-state index < -0.39 is 12.0 Å². The first-order valence-corrected chi connectivity index (χ1v) is 15.6. The summed E-state index contributed by atoms with van der Waals surface area (Å²) >= 11 is 7.57. The molecular formula is C34H33ClN2O7S. The second kappa shape index (κ2) is 12.9. The quantitative estimate of drug-likeness (QED) is 0.216. The summed E-state index contributed by atoms with van der Waals surface area (Å²) in [6.45, 7) is 10.7. The summed E-state index contributed by atoms with van der Waals surface area (Å²) in [6, 6.07) is 13.0. The Morgan fingerprint density at radius 2 is 1.71 bits per heavy atom. The lowest BCUT2D eigenvalue weighted by atomic mass is 9.95. The standard InChI is InChI=1S/C34H33ClN2O7S/c1-17(2)42-32(39)21-8-11-24(19(5)14-21)27-13-10-23(44-27)16-28-31(38)37-30(25-15-22(35)9-12-26(25)41-7)29(33(40)43-18(3)4)20(6)36-34(37)45-28/h8-18,30H,1-7H3/b28-16-/t30-/m1/s1. The average molecular weight is 649 g/mol. The molecule has 9 nitrogen and oxygen atoms in total. The van der Waals surface area contributed by atoms with Crippen LogP contribution >= 0.6 is 22.9 Å². The first-order chi connectivity index (χ1) is 21.4. The van der Waals surface area contributed by atoms with Crippen LogP contribution in [0.15, 0.2) is 74.0 Å². The van der Waals surface area contributed by atoms with E-state index in [1.165, 1.54) is 23.0 Å². The van der Waals surface area contributed by atoms with Crippen LogP contribution in [0.2, 0.25) is 5.02 Å². The van der Waals surface area contributed by atoms with Crippen molar-refractivity contribution in [3.8, 4) is 17.1 Å². The van der Waals surface area contributed by atoms with E-state index in [0.717, 1.165) is 11.1 Å². The van der Waals surface area contributed by atoms with Gasteiger partial charge in [-0.3, -0.25) is 9.36 Å². The zero-order valence-electron chi connectivity index (χ0n) is 26.0. The topological polar surface area (TPSA) is 109 Å². The first-order valence-electron chi connectivity index (χ1n) is 14.4. The molecule has 5 rings (SSSR count). The molecule has 0 saturated heterocycles. The van der Waals surface area contributed by atoms with Gasteiger partial charge in [-0.25, -0.2) is 14.6 Å². The molecule has 45 heavy (non-hydrogen) atoms. The highest BCUT2D eigenvalue weighted by molar-refractivity contribution is 7.07. The maximum absolute atomic E-state index is 14.0. The largest absolute Gasteiger partial charge is 0.496 e. The number of hydrogen-bond acceptors (Lipinski definition) is 9. The zero-order chi connectivity index (χ0) is 32.6. The second-order valence-corrected chi connectivity index (χ2v) is 12.6. The average Bonchev–Trinajstić information content (AvgIpc) is 3.55. The molecule has 0 unspecified atom stereocenters. The van der Waals surface area contributed by atoms with E-state index >= 15 is 0 Å². The number of fused-ring (bicyclic) bond motifs is 1. The van der Waals surface area contributed by atoms with Crippen molar-refractivity contribution in [2.45, 2.75) is 59.8 Å². The van der Waals surface area contributed by atoms with E-state index in [1.54, 1.807) is 83.2 Å². The van der Waals surface area contributed by atoms with Crippen molar-refractivity contribution in [1.82, 2.24) is 4.57 Å². The Bertz CT molecular complexity index is 2020. The number of halogens is 1. The summed E-state index contributed by atoms with van der Waals surface area (Å²) in [5.41, 5.74) is 2.90. The number of thiazole rings is 1. The fourth-order valence-electron chi connectivity index (χ4n) is 5.13. The zero-order valence-corrected chi connectivity index (χ0v) is 27.5. The number of aromatic nitrogens is 1. The molecule has 1 atom stereocenters. The van der Waals surface area contributed by atoms with E-state index in [4.69, 9.17) is 30.2 Å². The van der Waals surface area contributed by atoms with Crippen molar-refractivity contribution >= 4 is 41.0 Å². The van der Waals surface area contributed by atoms with Crippen molar-refractivity contribution in [2.24, 2.45) is 4.99 Å². The third-order valence-corrected chi connectivity index (χ3v) is 8.26. The van der Waals surface area contributed by atoms with Crippen LogP contribution in [-0.2, 0) is 14.3 Å². The molecule has 1 aliphatic rings. The van der Waals surface area contributed by atoms with Gasteiger partial charge in [-0.15, -0.1) is 0 Å². The van der Waals surface area contributed by atoms with Crippen molar-refractivity contribution in [2.75, 3.05) is 7.11 Å². The first kappa shape index (κ1) is 32.0. The maximum Gasteiger partial charge on any atom is 0.338 e. The predicted octanol–water partition coefficient (Wildman–Crippen LogP) is 5.98. The summed E-state index contributed by atoms with van der Waals surface area (Å²) in [4.78, 5) is 44.8. The molecule has 11 heteroatoms. The van der Waals surface area contributed by atoms with Crippen LogP contribution in [-0.4, -0.2) is 35.8 Å². The Hall–Kier alpha value is -4.41. The summed E-state index contributed by atoms with van der Waals surface area (Å²) in [6.07, 6.45) is 1.05. The number of methoxy groups -OCH3 is 1. The number of aryl methyl sites for hydroxylation is 1. The highest BCUT2D eigenvalue weighted by atomic mass is 35.5. The molecule has 0 amide bonds. The van der Waals surface area contributed by atoms with Gasteiger partial charge in [0.1, 0.15) is 23.3 Å². The van der Waals surface area contributed by atoms with Crippen LogP contribution < -0.4 is 19.6 Å². The molecule has 3 heterocycles. The molecule has 1 aliphatic heterocycles. The van der Waals surface area contributed by atoms with Crippen LogP contribution in [0.4, 0.5) is 0 Å². The van der Waals surface area contributed by atoms with Gasteiger partial charge < -0.3 is 18.6 Å². The number of carbonyl (C=O) groups is 2. The molecule has 2 aromatic heterocycles. The normalized spacial score (nSPS) is 14.9. The monoisotopic (exact) mass is 648 g/mol. The maximum atomic E-state index is 14.0. The molecule has 0 radical (unpaired) electrons. The number of rotatable bonds is 8. The third kappa shape index (κ3) is 6.53. The molecule has 0 fully saturated rings. The molecule has 4 aromatic rings. The van der Waals surface area contributed by atoms with E-state index in [2.05, 4.69) is 4.99 Å². The van der Waals surface area contributed by atoms with Gasteiger partial charge in [-0.1, -0.05) is 29.0 Å². The number of allylic oxidation sites excluding steroid dienone is 1. The molecule has 0 bridgehead atoms. The summed E-state index contributed by atoms with van der Waals surface area (Å²) < 4.78 is 24.5. The number of nitrogens with zero attached hydrogens (tertiary/aromatic N) is 2. The molecule has 0 spiro atoms. The number of carbonyl (C=O) groups excluding carboxylic acids is 2. The number of furan rings is 1. The van der Waals surface area contributed by atoms with Gasteiger partial charge in [0.25, 0.3) is 5.56 Å². The van der Waals surface area contributed by atoms with E-state index in [9.17, 15) is 14.4 Å². The summed E-state index contributed by atoms with van der Waals surface area (Å²) in [5, 5.41) is 0.419. The molecule has 234 valence electrons. The Morgan fingerprint density at radius 1 is 1.00 bits per heavy atom. The SMILES string of the molecule is COc1ccc(Cl)cc1[C@@H]1C(C(=O)OC(C)C)=C(C)N=c2s/c(=C\c3ccc(-c4ccc(C(=O)OC(C)C)cc4C)o3)c(=O)n21.